The van der Waals surface area contributed by atoms with Gasteiger partial charge in [-0.1, -0.05) is 11.6 Å². The van der Waals surface area contributed by atoms with Crippen LogP contribution in [0.25, 0.3) is 0 Å². The minimum atomic E-state index is -0.652. The van der Waals surface area contributed by atoms with E-state index in [1.807, 2.05) is 0 Å². The summed E-state index contributed by atoms with van der Waals surface area (Å²) in [4.78, 5) is 18.9. The van der Waals surface area contributed by atoms with Gasteiger partial charge >= 0.3 is 0 Å². The van der Waals surface area contributed by atoms with E-state index in [9.17, 15) is 4.79 Å². The number of anilines is 1. The van der Waals surface area contributed by atoms with Crippen LogP contribution in [0.5, 0.6) is 0 Å². The number of aromatic nitrogens is 2. The zero-order valence-electron chi connectivity index (χ0n) is 8.62. The number of hydrogen-bond donors (Lipinski definition) is 2. The number of hydrogen-bond acceptors (Lipinski definition) is 4. The lowest BCUT2D eigenvalue weighted by Gasteiger charge is -2.21. The largest absolute Gasteiger partial charge is 0.369 e. The molecular formula is C9H13ClN4O. The van der Waals surface area contributed by atoms with Gasteiger partial charge in [0.25, 0.3) is 0 Å². The highest BCUT2D eigenvalue weighted by Gasteiger charge is 2.24. The van der Waals surface area contributed by atoms with Crippen LogP contribution in [0.4, 0.5) is 5.82 Å². The second-order valence-corrected chi connectivity index (χ2v) is 4.16. The molecule has 0 spiro atoms. The van der Waals surface area contributed by atoms with Crippen molar-refractivity contribution in [2.45, 2.75) is 13.8 Å². The molecule has 0 saturated heterocycles. The lowest BCUT2D eigenvalue weighted by Crippen LogP contribution is -2.37. The van der Waals surface area contributed by atoms with Gasteiger partial charge in [-0.05, 0) is 13.8 Å². The monoisotopic (exact) mass is 228 g/mol. The molecule has 1 rings (SSSR count). The van der Waals surface area contributed by atoms with Gasteiger partial charge in [0.1, 0.15) is 0 Å². The average molecular weight is 229 g/mol. The maximum Gasteiger partial charge on any atom is 0.224 e. The van der Waals surface area contributed by atoms with Gasteiger partial charge in [-0.2, -0.15) is 0 Å². The van der Waals surface area contributed by atoms with Crippen molar-refractivity contribution in [3.8, 4) is 0 Å². The Labute approximate surface area is 93.0 Å². The second kappa shape index (κ2) is 4.44. The summed E-state index contributed by atoms with van der Waals surface area (Å²) in [5.74, 6) is 0.0727. The number of amides is 1. The Kier molecular flexibility index (Phi) is 3.47. The molecule has 82 valence electrons. The lowest BCUT2D eigenvalue weighted by molar-refractivity contribution is -0.125. The zero-order chi connectivity index (χ0) is 11.5. The number of nitrogens with zero attached hydrogens (tertiary/aromatic N) is 2. The molecule has 1 aromatic rings. The molecule has 3 N–H and O–H groups in total. The molecule has 0 bridgehead atoms. The van der Waals surface area contributed by atoms with Crippen molar-refractivity contribution in [1.82, 2.24) is 9.97 Å². The third kappa shape index (κ3) is 3.06. The minimum absolute atomic E-state index is 0.276. The molecule has 1 amide bonds. The van der Waals surface area contributed by atoms with Gasteiger partial charge in [-0.3, -0.25) is 4.79 Å². The van der Waals surface area contributed by atoms with Crippen LogP contribution in [-0.4, -0.2) is 22.4 Å². The van der Waals surface area contributed by atoms with Crippen molar-refractivity contribution in [3.63, 3.8) is 0 Å². The summed E-state index contributed by atoms with van der Waals surface area (Å²) in [7, 11) is 0. The van der Waals surface area contributed by atoms with Gasteiger partial charge in [-0.25, -0.2) is 9.97 Å². The predicted octanol–water partition coefficient (Wildman–Crippen LogP) is 1.05. The maximum atomic E-state index is 11.0. The van der Waals surface area contributed by atoms with E-state index < -0.39 is 5.41 Å². The Bertz CT molecular complexity index is 367. The molecule has 0 atom stereocenters. The topological polar surface area (TPSA) is 80.9 Å². The van der Waals surface area contributed by atoms with E-state index in [-0.39, 0.29) is 11.1 Å². The molecule has 15 heavy (non-hydrogen) atoms. The Hall–Kier alpha value is -1.36. The number of nitrogens with two attached hydrogens (primary N) is 1. The van der Waals surface area contributed by atoms with Crippen LogP contribution in [-0.2, 0) is 4.79 Å². The molecule has 5 nitrogen and oxygen atoms in total. The third-order valence-electron chi connectivity index (χ3n) is 2.02. The number of rotatable bonds is 4. The van der Waals surface area contributed by atoms with Gasteiger partial charge < -0.3 is 11.1 Å². The molecule has 0 unspecified atom stereocenters. The van der Waals surface area contributed by atoms with Crippen LogP contribution >= 0.6 is 11.6 Å². The van der Waals surface area contributed by atoms with Gasteiger partial charge in [0.05, 0.1) is 5.41 Å². The third-order valence-corrected chi connectivity index (χ3v) is 2.29. The Morgan fingerprint density at radius 1 is 1.53 bits per heavy atom. The van der Waals surface area contributed by atoms with Gasteiger partial charge in [0.15, 0.2) is 11.0 Å². The quantitative estimate of drug-likeness (QED) is 0.807. The molecule has 1 aromatic heterocycles. The molecule has 0 aliphatic heterocycles. The van der Waals surface area contributed by atoms with E-state index >= 15 is 0 Å². The summed E-state index contributed by atoms with van der Waals surface area (Å²) in [6.45, 7) is 3.85. The molecule has 0 saturated carbocycles. The Morgan fingerprint density at radius 2 is 2.13 bits per heavy atom. The summed E-state index contributed by atoms with van der Waals surface area (Å²) < 4.78 is 0. The fraction of sp³-hybridized carbons (Fsp3) is 0.444. The van der Waals surface area contributed by atoms with Crippen LogP contribution in [0.2, 0.25) is 5.15 Å². The molecule has 1 heterocycles. The van der Waals surface area contributed by atoms with Crippen LogP contribution in [0.15, 0.2) is 12.4 Å². The molecule has 0 aromatic carbocycles. The van der Waals surface area contributed by atoms with Crippen molar-refractivity contribution in [1.29, 1.82) is 0 Å². The van der Waals surface area contributed by atoms with Crippen LogP contribution in [0.3, 0.4) is 0 Å². The van der Waals surface area contributed by atoms with Crippen molar-refractivity contribution in [2.75, 3.05) is 11.9 Å². The van der Waals surface area contributed by atoms with E-state index in [0.29, 0.717) is 12.4 Å². The minimum Gasteiger partial charge on any atom is -0.369 e. The van der Waals surface area contributed by atoms with Crippen molar-refractivity contribution in [2.24, 2.45) is 11.1 Å². The SMILES string of the molecule is CC(C)(CNc1nccnc1Cl)C(N)=O. The first kappa shape index (κ1) is 11.7. The molecule has 0 fully saturated rings. The van der Waals surface area contributed by atoms with Crippen LogP contribution < -0.4 is 11.1 Å². The predicted molar refractivity (Wildman–Crippen MR) is 58.5 cm³/mol. The summed E-state index contributed by atoms with van der Waals surface area (Å²) in [6.07, 6.45) is 3.01. The average Bonchev–Trinajstić information content (AvgIpc) is 2.16. The van der Waals surface area contributed by atoms with E-state index in [2.05, 4.69) is 15.3 Å². The number of nitrogens with one attached hydrogen (secondary N) is 1. The fourth-order valence-electron chi connectivity index (χ4n) is 0.831. The standard InChI is InChI=1S/C9H13ClN4O/c1-9(2,8(11)15)5-14-7-6(10)12-3-4-13-7/h3-4H,5H2,1-2H3,(H2,11,15)(H,13,14). The number of halogens is 1. The molecule has 0 radical (unpaired) electrons. The van der Waals surface area contributed by atoms with Crippen molar-refractivity contribution in [3.05, 3.63) is 17.5 Å². The fourth-order valence-corrected chi connectivity index (χ4v) is 1.00. The first-order valence-corrected chi connectivity index (χ1v) is 4.81. The first-order chi connectivity index (χ1) is 6.93. The Balaban J connectivity index is 2.66. The second-order valence-electron chi connectivity index (χ2n) is 3.80. The lowest BCUT2D eigenvalue weighted by atomic mass is 9.93. The molecule has 0 aliphatic rings. The van der Waals surface area contributed by atoms with E-state index in [1.165, 1.54) is 12.4 Å². The highest BCUT2D eigenvalue weighted by molar-refractivity contribution is 6.31. The maximum absolute atomic E-state index is 11.0. The smallest absolute Gasteiger partial charge is 0.224 e. The molecule has 6 heteroatoms. The summed E-state index contributed by atoms with van der Waals surface area (Å²) in [6, 6.07) is 0. The van der Waals surface area contributed by atoms with Crippen molar-refractivity contribution < 1.29 is 4.79 Å². The highest BCUT2D eigenvalue weighted by atomic mass is 35.5. The van der Waals surface area contributed by atoms with Gasteiger partial charge in [-0.15, -0.1) is 0 Å². The first-order valence-electron chi connectivity index (χ1n) is 4.44. The van der Waals surface area contributed by atoms with Crippen molar-refractivity contribution >= 4 is 23.3 Å². The van der Waals surface area contributed by atoms with Gasteiger partial charge in [0.2, 0.25) is 5.91 Å². The number of carbonyl (C=O) groups excluding carboxylic acids is 1. The highest BCUT2D eigenvalue weighted by Crippen LogP contribution is 2.18. The van der Waals surface area contributed by atoms with E-state index in [0.717, 1.165) is 0 Å². The Morgan fingerprint density at radius 3 is 2.67 bits per heavy atom. The van der Waals surface area contributed by atoms with E-state index in [1.54, 1.807) is 13.8 Å². The number of primary amides is 1. The van der Waals surface area contributed by atoms with Crippen LogP contribution in [0, 0.1) is 5.41 Å². The zero-order valence-corrected chi connectivity index (χ0v) is 9.38. The summed E-state index contributed by atoms with van der Waals surface area (Å²) >= 11 is 5.78. The summed E-state index contributed by atoms with van der Waals surface area (Å²) in [5.41, 5.74) is 4.57. The normalized spacial score (nSPS) is 11.1. The van der Waals surface area contributed by atoms with E-state index in [4.69, 9.17) is 17.3 Å². The van der Waals surface area contributed by atoms with Crippen LogP contribution in [0.1, 0.15) is 13.8 Å². The molecule has 0 aliphatic carbocycles. The number of carbonyl (C=O) groups is 1. The molecular weight excluding hydrogens is 216 g/mol. The van der Waals surface area contributed by atoms with Gasteiger partial charge in [0, 0.05) is 18.9 Å². The summed E-state index contributed by atoms with van der Waals surface area (Å²) in [5, 5.41) is 3.20.